The van der Waals surface area contributed by atoms with Crippen LogP contribution in [0.1, 0.15) is 62.3 Å². The van der Waals surface area contributed by atoms with Crippen LogP contribution in [0.3, 0.4) is 0 Å². The highest BCUT2D eigenvalue weighted by atomic mass is 16.6. The Morgan fingerprint density at radius 3 is 1.89 bits per heavy atom. The summed E-state index contributed by atoms with van der Waals surface area (Å²) in [5.74, 6) is -1.34. The van der Waals surface area contributed by atoms with Gasteiger partial charge in [0.15, 0.2) is 0 Å². The molecule has 0 aromatic carbocycles. The molecule has 156 valence electrons. The van der Waals surface area contributed by atoms with Crippen LogP contribution >= 0.6 is 0 Å². The van der Waals surface area contributed by atoms with Crippen LogP contribution in [0, 0.1) is 11.3 Å². The molecule has 0 aliphatic carbocycles. The van der Waals surface area contributed by atoms with E-state index in [2.05, 4.69) is 5.32 Å². The molecule has 27 heavy (non-hydrogen) atoms. The molecular weight excluding hydrogens is 348 g/mol. The molecule has 0 aromatic heterocycles. The molecule has 0 heterocycles. The zero-order valence-electron chi connectivity index (χ0n) is 18.3. The van der Waals surface area contributed by atoms with E-state index < -0.39 is 35.2 Å². The molecular formula is C20H36N2O5. The number of carbonyl (C=O) groups is 3. The second-order valence-corrected chi connectivity index (χ2v) is 9.28. The first-order valence-electron chi connectivity index (χ1n) is 9.15. The average molecular weight is 385 g/mol. The first-order valence-corrected chi connectivity index (χ1v) is 9.15. The zero-order chi connectivity index (χ0) is 21.7. The lowest BCUT2D eigenvalue weighted by Crippen LogP contribution is -2.56. The lowest BCUT2D eigenvalue weighted by molar-refractivity contribution is -0.137. The van der Waals surface area contributed by atoms with E-state index in [1.54, 1.807) is 33.9 Å². The Labute approximate surface area is 163 Å². The maximum atomic E-state index is 13.2. The zero-order valence-corrected chi connectivity index (χ0v) is 18.3. The van der Waals surface area contributed by atoms with Gasteiger partial charge in [0.2, 0.25) is 5.91 Å². The predicted octanol–water partition coefficient (Wildman–Crippen LogP) is 3.44. The number of rotatable bonds is 6. The normalized spacial score (nSPS) is 15.1. The lowest BCUT2D eigenvalue weighted by Gasteiger charge is -2.37. The number of nitrogens with one attached hydrogen (secondary N) is 1. The van der Waals surface area contributed by atoms with Crippen LogP contribution in [-0.2, 0) is 14.3 Å². The van der Waals surface area contributed by atoms with E-state index >= 15 is 0 Å². The summed E-state index contributed by atoms with van der Waals surface area (Å²) in [6, 6.07) is -1.24. The van der Waals surface area contributed by atoms with Gasteiger partial charge >= 0.3 is 12.1 Å². The molecule has 0 saturated heterocycles. The average Bonchev–Trinajstić information content (AvgIpc) is 2.45. The Kier molecular flexibility index (Phi) is 8.54. The van der Waals surface area contributed by atoms with Gasteiger partial charge in [-0.15, -0.1) is 0 Å². The molecule has 0 bridgehead atoms. The summed E-state index contributed by atoms with van der Waals surface area (Å²) in [7, 11) is 1.62. The van der Waals surface area contributed by atoms with Crippen LogP contribution in [0.15, 0.2) is 11.6 Å². The van der Waals surface area contributed by atoms with Crippen molar-refractivity contribution < 1.29 is 24.2 Å². The molecule has 0 rings (SSSR count). The topological polar surface area (TPSA) is 95.9 Å². The highest BCUT2D eigenvalue weighted by Gasteiger charge is 2.37. The minimum absolute atomic E-state index is 0.00426. The van der Waals surface area contributed by atoms with Crippen molar-refractivity contribution in [2.24, 2.45) is 11.3 Å². The summed E-state index contributed by atoms with van der Waals surface area (Å²) in [6.45, 7) is 16.1. The summed E-state index contributed by atoms with van der Waals surface area (Å²) >= 11 is 0. The van der Waals surface area contributed by atoms with Gasteiger partial charge in [-0.25, -0.2) is 9.59 Å². The molecule has 2 N–H and O–H groups in total. The minimum Gasteiger partial charge on any atom is -0.478 e. The van der Waals surface area contributed by atoms with Crippen LogP contribution in [0.25, 0.3) is 0 Å². The van der Waals surface area contributed by atoms with Gasteiger partial charge in [0.1, 0.15) is 11.6 Å². The second kappa shape index (κ2) is 9.24. The number of amides is 2. The van der Waals surface area contributed by atoms with Gasteiger partial charge in [-0.05, 0) is 39.0 Å². The quantitative estimate of drug-likeness (QED) is 0.684. The summed E-state index contributed by atoms with van der Waals surface area (Å²) in [4.78, 5) is 38.1. The molecule has 0 radical (unpaired) electrons. The number of carboxylic acid groups (broad SMARTS) is 1. The number of alkyl carbamates (subject to hydrolysis) is 1. The van der Waals surface area contributed by atoms with E-state index in [4.69, 9.17) is 9.84 Å². The van der Waals surface area contributed by atoms with Gasteiger partial charge < -0.3 is 20.1 Å². The number of likely N-dealkylation sites (N-methyl/N-ethyl adjacent to an activating group) is 1. The third kappa shape index (κ3) is 8.45. The van der Waals surface area contributed by atoms with Crippen molar-refractivity contribution in [1.82, 2.24) is 10.2 Å². The molecule has 0 spiro atoms. The molecule has 0 aromatic rings. The van der Waals surface area contributed by atoms with Crippen LogP contribution in [0.4, 0.5) is 4.79 Å². The lowest BCUT2D eigenvalue weighted by atomic mass is 9.85. The van der Waals surface area contributed by atoms with E-state index in [9.17, 15) is 14.4 Å². The van der Waals surface area contributed by atoms with Crippen molar-refractivity contribution >= 4 is 18.0 Å². The van der Waals surface area contributed by atoms with Crippen molar-refractivity contribution in [3.8, 4) is 0 Å². The van der Waals surface area contributed by atoms with E-state index in [-0.39, 0.29) is 17.4 Å². The van der Waals surface area contributed by atoms with E-state index in [1.165, 1.54) is 11.8 Å². The Morgan fingerprint density at radius 2 is 1.56 bits per heavy atom. The van der Waals surface area contributed by atoms with Crippen molar-refractivity contribution in [2.75, 3.05) is 7.05 Å². The fourth-order valence-electron chi connectivity index (χ4n) is 2.50. The standard InChI is InChI=1S/C20H36N2O5/c1-12(2)14(11-13(3)17(24)25)22(10)16(23)15(19(4,5)6)21-18(26)27-20(7,8)9/h11-12,14-15H,1-10H3,(H,21,26)(H,24,25)/b13-11+. The molecule has 7 nitrogen and oxygen atoms in total. The molecule has 0 aliphatic rings. The first-order chi connectivity index (χ1) is 12.0. The number of hydrogen-bond donors (Lipinski definition) is 2. The van der Waals surface area contributed by atoms with Gasteiger partial charge in [-0.3, -0.25) is 4.79 Å². The second-order valence-electron chi connectivity index (χ2n) is 9.28. The van der Waals surface area contributed by atoms with E-state index in [0.29, 0.717) is 0 Å². The smallest absolute Gasteiger partial charge is 0.408 e. The number of ether oxygens (including phenoxy) is 1. The Hall–Kier alpha value is -2.05. The van der Waals surface area contributed by atoms with Crippen LogP contribution in [0.2, 0.25) is 0 Å². The van der Waals surface area contributed by atoms with Crippen LogP contribution in [-0.4, -0.2) is 52.7 Å². The molecule has 0 aliphatic heterocycles. The number of nitrogens with zero attached hydrogens (tertiary/aromatic N) is 1. The molecule has 0 fully saturated rings. The van der Waals surface area contributed by atoms with Crippen molar-refractivity contribution in [1.29, 1.82) is 0 Å². The number of carboxylic acids is 1. The number of carbonyl (C=O) groups excluding carboxylic acids is 2. The van der Waals surface area contributed by atoms with Crippen LogP contribution in [0.5, 0.6) is 0 Å². The Morgan fingerprint density at radius 1 is 1.07 bits per heavy atom. The van der Waals surface area contributed by atoms with Crippen LogP contribution < -0.4 is 5.32 Å². The Balaban J connectivity index is 5.67. The summed E-state index contributed by atoms with van der Waals surface area (Å²) in [5, 5.41) is 11.8. The monoisotopic (exact) mass is 384 g/mol. The van der Waals surface area contributed by atoms with Gasteiger partial charge in [0.25, 0.3) is 0 Å². The largest absolute Gasteiger partial charge is 0.478 e. The number of hydrogen-bond acceptors (Lipinski definition) is 4. The van der Waals surface area contributed by atoms with E-state index in [1.807, 2.05) is 34.6 Å². The maximum absolute atomic E-state index is 13.2. The summed E-state index contributed by atoms with van der Waals surface area (Å²) in [5.41, 5.74) is -1.07. The van der Waals surface area contributed by atoms with Crippen molar-refractivity contribution in [3.63, 3.8) is 0 Å². The van der Waals surface area contributed by atoms with E-state index in [0.717, 1.165) is 0 Å². The fourth-order valence-corrected chi connectivity index (χ4v) is 2.50. The summed E-state index contributed by atoms with van der Waals surface area (Å²) in [6.07, 6.45) is 0.903. The van der Waals surface area contributed by atoms with Gasteiger partial charge in [-0.2, -0.15) is 0 Å². The molecule has 2 unspecified atom stereocenters. The highest BCUT2D eigenvalue weighted by Crippen LogP contribution is 2.24. The third-order valence-electron chi connectivity index (χ3n) is 4.01. The molecule has 7 heteroatoms. The molecule has 2 atom stereocenters. The van der Waals surface area contributed by atoms with Crippen molar-refractivity contribution in [3.05, 3.63) is 11.6 Å². The number of aliphatic carboxylic acids is 1. The SMILES string of the molecule is C/C(=C\C(C(C)C)N(C)C(=O)C(NC(=O)OC(C)(C)C)C(C)(C)C)C(=O)O. The van der Waals surface area contributed by atoms with Gasteiger partial charge in [-0.1, -0.05) is 40.7 Å². The summed E-state index contributed by atoms with van der Waals surface area (Å²) < 4.78 is 5.29. The molecule has 2 amide bonds. The Bertz CT molecular complexity index is 582. The van der Waals surface area contributed by atoms with Gasteiger partial charge in [0, 0.05) is 12.6 Å². The molecule has 0 saturated carbocycles. The highest BCUT2D eigenvalue weighted by molar-refractivity contribution is 5.88. The van der Waals surface area contributed by atoms with Gasteiger partial charge in [0.05, 0.1) is 6.04 Å². The minimum atomic E-state index is -1.03. The maximum Gasteiger partial charge on any atom is 0.408 e. The van der Waals surface area contributed by atoms with Crippen molar-refractivity contribution in [2.45, 2.75) is 80.0 Å². The first kappa shape index (κ1) is 24.9. The third-order valence-corrected chi connectivity index (χ3v) is 4.01. The fraction of sp³-hybridized carbons (Fsp3) is 0.750. The predicted molar refractivity (Wildman–Crippen MR) is 105 cm³/mol.